The summed E-state index contributed by atoms with van der Waals surface area (Å²) in [5.41, 5.74) is 1.68. The zero-order chi connectivity index (χ0) is 11.4. The van der Waals surface area contributed by atoms with Crippen molar-refractivity contribution in [2.45, 2.75) is 26.5 Å². The van der Waals surface area contributed by atoms with Crippen molar-refractivity contribution in [2.75, 3.05) is 6.54 Å². The molecule has 0 saturated carbocycles. The predicted molar refractivity (Wildman–Crippen MR) is 63.9 cm³/mol. The monoisotopic (exact) mass is 273 g/mol. The lowest BCUT2D eigenvalue weighted by Gasteiger charge is -2.10. The van der Waals surface area contributed by atoms with Gasteiger partial charge in [0, 0.05) is 23.1 Å². The van der Waals surface area contributed by atoms with Crippen LogP contribution >= 0.6 is 15.9 Å². The number of aryl methyl sites for hydroxylation is 1. The van der Waals surface area contributed by atoms with Crippen LogP contribution in [0.25, 0.3) is 0 Å². The second-order valence-corrected chi connectivity index (χ2v) is 4.63. The summed E-state index contributed by atoms with van der Waals surface area (Å²) >= 11 is 3.38. The Kier molecular flexibility index (Phi) is 4.57. The molecule has 1 atom stereocenters. The minimum atomic E-state index is -0.375. The van der Waals surface area contributed by atoms with Crippen molar-refractivity contribution in [1.29, 1.82) is 0 Å². The second kappa shape index (κ2) is 5.49. The molecule has 1 rings (SSSR count). The standard InChI is InChI=1S/C11H16BrNO2/c1-7-3-10(12)4-9(11(7)15)6-13-5-8(2)14/h3-4,8,13-15H,5-6H2,1-2H3. The predicted octanol–water partition coefficient (Wildman–Crippen LogP) is 1.93. The summed E-state index contributed by atoms with van der Waals surface area (Å²) in [6, 6.07) is 3.74. The molecule has 0 aliphatic heterocycles. The number of benzene rings is 1. The fourth-order valence-corrected chi connectivity index (χ4v) is 1.98. The smallest absolute Gasteiger partial charge is 0.123 e. The molecule has 4 heteroatoms. The highest BCUT2D eigenvalue weighted by Gasteiger charge is 2.06. The van der Waals surface area contributed by atoms with Crippen LogP contribution in [0.3, 0.4) is 0 Å². The van der Waals surface area contributed by atoms with Gasteiger partial charge in [0.15, 0.2) is 0 Å². The molecule has 0 saturated heterocycles. The molecule has 0 heterocycles. The molecule has 3 N–H and O–H groups in total. The largest absolute Gasteiger partial charge is 0.507 e. The average Bonchev–Trinajstić information content (AvgIpc) is 2.12. The zero-order valence-electron chi connectivity index (χ0n) is 8.92. The fraction of sp³-hybridized carbons (Fsp3) is 0.455. The van der Waals surface area contributed by atoms with E-state index >= 15 is 0 Å². The Morgan fingerprint density at radius 3 is 2.73 bits per heavy atom. The molecule has 0 amide bonds. The number of phenolic OH excluding ortho intramolecular Hbond substituents is 1. The molecule has 0 spiro atoms. The molecule has 0 bridgehead atoms. The van der Waals surface area contributed by atoms with E-state index in [1.807, 2.05) is 19.1 Å². The van der Waals surface area contributed by atoms with Crippen molar-refractivity contribution < 1.29 is 10.2 Å². The number of phenols is 1. The first-order chi connectivity index (χ1) is 7.00. The minimum absolute atomic E-state index is 0.316. The summed E-state index contributed by atoms with van der Waals surface area (Å²) < 4.78 is 0.951. The highest BCUT2D eigenvalue weighted by Crippen LogP contribution is 2.26. The van der Waals surface area contributed by atoms with Crippen LogP contribution in [-0.2, 0) is 6.54 Å². The number of aliphatic hydroxyl groups excluding tert-OH is 1. The van der Waals surface area contributed by atoms with Gasteiger partial charge in [-0.2, -0.15) is 0 Å². The first kappa shape index (κ1) is 12.5. The minimum Gasteiger partial charge on any atom is -0.507 e. The molecular formula is C11H16BrNO2. The first-order valence-corrected chi connectivity index (χ1v) is 5.66. The molecule has 0 fully saturated rings. The number of hydrogen-bond acceptors (Lipinski definition) is 3. The van der Waals surface area contributed by atoms with Gasteiger partial charge in [-0.1, -0.05) is 15.9 Å². The second-order valence-electron chi connectivity index (χ2n) is 3.71. The van der Waals surface area contributed by atoms with Gasteiger partial charge in [-0.3, -0.25) is 0 Å². The Morgan fingerprint density at radius 2 is 2.13 bits per heavy atom. The number of aromatic hydroxyl groups is 1. The zero-order valence-corrected chi connectivity index (χ0v) is 10.5. The third kappa shape index (κ3) is 3.81. The van der Waals surface area contributed by atoms with E-state index in [9.17, 15) is 5.11 Å². The van der Waals surface area contributed by atoms with E-state index in [0.717, 1.165) is 15.6 Å². The van der Waals surface area contributed by atoms with E-state index < -0.39 is 0 Å². The van der Waals surface area contributed by atoms with E-state index in [-0.39, 0.29) is 6.10 Å². The van der Waals surface area contributed by atoms with Gasteiger partial charge in [0.1, 0.15) is 5.75 Å². The maximum atomic E-state index is 9.76. The average molecular weight is 274 g/mol. The van der Waals surface area contributed by atoms with Gasteiger partial charge in [0.05, 0.1) is 6.10 Å². The van der Waals surface area contributed by atoms with Gasteiger partial charge >= 0.3 is 0 Å². The van der Waals surface area contributed by atoms with Gasteiger partial charge in [-0.15, -0.1) is 0 Å². The number of rotatable bonds is 4. The van der Waals surface area contributed by atoms with Crippen molar-refractivity contribution in [3.8, 4) is 5.75 Å². The van der Waals surface area contributed by atoms with Crippen LogP contribution in [0.5, 0.6) is 5.75 Å². The first-order valence-electron chi connectivity index (χ1n) is 4.87. The molecule has 1 aromatic rings. The number of nitrogens with one attached hydrogen (secondary N) is 1. The quantitative estimate of drug-likeness (QED) is 0.786. The van der Waals surface area contributed by atoms with Crippen LogP contribution in [-0.4, -0.2) is 22.9 Å². The normalized spacial score (nSPS) is 12.8. The van der Waals surface area contributed by atoms with Crippen LogP contribution < -0.4 is 5.32 Å². The maximum absolute atomic E-state index is 9.76. The Bertz CT molecular complexity index is 340. The van der Waals surface area contributed by atoms with E-state index in [2.05, 4.69) is 21.2 Å². The van der Waals surface area contributed by atoms with Crippen LogP contribution in [0, 0.1) is 6.92 Å². The third-order valence-corrected chi connectivity index (χ3v) is 2.56. The van der Waals surface area contributed by atoms with Gasteiger partial charge < -0.3 is 15.5 Å². The Labute approximate surface area is 98.3 Å². The van der Waals surface area contributed by atoms with Crippen LogP contribution in [0.2, 0.25) is 0 Å². The van der Waals surface area contributed by atoms with Crippen molar-refractivity contribution >= 4 is 15.9 Å². The van der Waals surface area contributed by atoms with Gasteiger partial charge in [-0.25, -0.2) is 0 Å². The molecule has 0 aliphatic carbocycles. The number of aliphatic hydroxyl groups is 1. The van der Waals surface area contributed by atoms with Gasteiger partial charge in [0.2, 0.25) is 0 Å². The molecule has 0 aliphatic rings. The summed E-state index contributed by atoms with van der Waals surface area (Å²) in [4.78, 5) is 0. The van der Waals surface area contributed by atoms with E-state index in [4.69, 9.17) is 5.11 Å². The Balaban J connectivity index is 2.68. The highest BCUT2D eigenvalue weighted by molar-refractivity contribution is 9.10. The Hall–Kier alpha value is -0.580. The lowest BCUT2D eigenvalue weighted by atomic mass is 10.1. The van der Waals surface area contributed by atoms with Crippen molar-refractivity contribution in [3.63, 3.8) is 0 Å². The van der Waals surface area contributed by atoms with E-state index in [0.29, 0.717) is 18.8 Å². The van der Waals surface area contributed by atoms with Crippen molar-refractivity contribution in [3.05, 3.63) is 27.7 Å². The molecule has 1 unspecified atom stereocenters. The topological polar surface area (TPSA) is 52.5 Å². The molecule has 15 heavy (non-hydrogen) atoms. The van der Waals surface area contributed by atoms with Gasteiger partial charge in [-0.05, 0) is 31.5 Å². The molecule has 0 radical (unpaired) electrons. The SMILES string of the molecule is Cc1cc(Br)cc(CNCC(C)O)c1O. The van der Waals surface area contributed by atoms with Crippen LogP contribution in [0.1, 0.15) is 18.1 Å². The maximum Gasteiger partial charge on any atom is 0.123 e. The fourth-order valence-electron chi connectivity index (χ4n) is 1.36. The van der Waals surface area contributed by atoms with Gasteiger partial charge in [0.25, 0.3) is 0 Å². The summed E-state index contributed by atoms with van der Waals surface area (Å²) in [6.07, 6.45) is -0.375. The van der Waals surface area contributed by atoms with Crippen LogP contribution in [0.4, 0.5) is 0 Å². The van der Waals surface area contributed by atoms with Crippen LogP contribution in [0.15, 0.2) is 16.6 Å². The molecule has 3 nitrogen and oxygen atoms in total. The highest BCUT2D eigenvalue weighted by atomic mass is 79.9. The lowest BCUT2D eigenvalue weighted by molar-refractivity contribution is 0.191. The summed E-state index contributed by atoms with van der Waals surface area (Å²) in [5.74, 6) is 0.316. The Morgan fingerprint density at radius 1 is 1.47 bits per heavy atom. The number of hydrogen-bond donors (Lipinski definition) is 3. The van der Waals surface area contributed by atoms with Crippen molar-refractivity contribution in [1.82, 2.24) is 5.32 Å². The molecule has 0 aromatic heterocycles. The lowest BCUT2D eigenvalue weighted by Crippen LogP contribution is -2.23. The molecule has 1 aromatic carbocycles. The summed E-state index contributed by atoms with van der Waals surface area (Å²) in [7, 11) is 0. The number of halogens is 1. The van der Waals surface area contributed by atoms with Crippen molar-refractivity contribution in [2.24, 2.45) is 0 Å². The summed E-state index contributed by atoms with van der Waals surface area (Å²) in [5, 5.41) is 21.9. The molecule has 84 valence electrons. The summed E-state index contributed by atoms with van der Waals surface area (Å²) in [6.45, 7) is 4.65. The van der Waals surface area contributed by atoms with E-state index in [1.54, 1.807) is 6.92 Å². The van der Waals surface area contributed by atoms with E-state index in [1.165, 1.54) is 0 Å². The third-order valence-electron chi connectivity index (χ3n) is 2.10. The molecular weight excluding hydrogens is 258 g/mol.